The Bertz CT molecular complexity index is 494. The quantitative estimate of drug-likeness (QED) is 0.614. The van der Waals surface area contributed by atoms with Crippen LogP contribution in [-0.2, 0) is 4.57 Å². The zero-order valence-electron chi connectivity index (χ0n) is 16.5. The first-order valence-corrected chi connectivity index (χ1v) is 13.1. The molecule has 0 amide bonds. The molecule has 1 N–H and O–H groups in total. The number of aliphatic hydroxyl groups excluding tert-OH is 1. The lowest BCUT2D eigenvalue weighted by atomic mass is 9.45. The molecular formula is C22H39O2P. The highest BCUT2D eigenvalue weighted by Gasteiger charge is 2.62. The number of aliphatic hydroxyl groups is 1. The van der Waals surface area contributed by atoms with E-state index in [2.05, 4.69) is 13.8 Å². The van der Waals surface area contributed by atoms with Gasteiger partial charge in [-0.25, -0.2) is 0 Å². The first kappa shape index (κ1) is 18.5. The van der Waals surface area contributed by atoms with E-state index in [1.165, 1.54) is 70.6 Å². The minimum absolute atomic E-state index is 0.273. The van der Waals surface area contributed by atoms with Gasteiger partial charge >= 0.3 is 0 Å². The molecule has 5 saturated carbocycles. The van der Waals surface area contributed by atoms with Crippen LogP contribution in [0.15, 0.2) is 0 Å². The van der Waals surface area contributed by atoms with E-state index in [9.17, 15) is 9.67 Å². The van der Waals surface area contributed by atoms with Gasteiger partial charge in [-0.2, -0.15) is 0 Å². The lowest BCUT2D eigenvalue weighted by molar-refractivity contribution is -0.114. The van der Waals surface area contributed by atoms with E-state index in [0.717, 1.165) is 12.3 Å². The Hall–Kier alpha value is 0.190. The maximum absolute atomic E-state index is 14.9. The number of hydrogen-bond donors (Lipinski definition) is 1. The molecule has 0 aliphatic heterocycles. The van der Waals surface area contributed by atoms with E-state index in [4.69, 9.17) is 0 Å². The van der Waals surface area contributed by atoms with Gasteiger partial charge in [-0.1, -0.05) is 52.4 Å². The molecule has 0 spiro atoms. The third-order valence-corrected chi connectivity index (χ3v) is 14.0. The van der Waals surface area contributed by atoms with E-state index in [-0.39, 0.29) is 6.61 Å². The smallest absolute Gasteiger partial charge is 0.0968 e. The molecule has 5 rings (SSSR count). The molecule has 2 bridgehead atoms. The van der Waals surface area contributed by atoms with Gasteiger partial charge in [-0.15, -0.1) is 0 Å². The molecule has 0 saturated heterocycles. The Balaban J connectivity index is 1.66. The monoisotopic (exact) mass is 366 g/mol. The predicted molar refractivity (Wildman–Crippen MR) is 106 cm³/mol. The SMILES string of the molecule is CC1(C)[C@@H]2C[C@H]1[C@@H](CO)[C@@H](P(=O)(C1CCCCC1)C1CCCCC1)C2. The van der Waals surface area contributed by atoms with Crippen LogP contribution in [0.2, 0.25) is 0 Å². The van der Waals surface area contributed by atoms with Gasteiger partial charge in [-0.3, -0.25) is 0 Å². The third kappa shape index (κ3) is 2.89. The Morgan fingerprint density at radius 3 is 1.84 bits per heavy atom. The largest absolute Gasteiger partial charge is 0.396 e. The lowest BCUT2D eigenvalue weighted by Crippen LogP contribution is -2.59. The highest BCUT2D eigenvalue weighted by atomic mass is 31.2. The summed E-state index contributed by atoms with van der Waals surface area (Å²) in [5.74, 6) is 1.68. The second kappa shape index (κ2) is 6.97. The highest BCUT2D eigenvalue weighted by molar-refractivity contribution is 7.66. The number of fused-ring (bicyclic) bond motifs is 2. The average molecular weight is 367 g/mol. The van der Waals surface area contributed by atoms with Gasteiger partial charge in [0.2, 0.25) is 0 Å². The van der Waals surface area contributed by atoms with Crippen molar-refractivity contribution in [3.8, 4) is 0 Å². The molecule has 0 aromatic carbocycles. The molecule has 0 aromatic heterocycles. The molecular weight excluding hydrogens is 327 g/mol. The van der Waals surface area contributed by atoms with Crippen LogP contribution in [0, 0.1) is 23.2 Å². The fourth-order valence-corrected chi connectivity index (χ4v) is 12.9. The predicted octanol–water partition coefficient (Wildman–Crippen LogP) is 6.06. The van der Waals surface area contributed by atoms with Crippen molar-refractivity contribution in [1.82, 2.24) is 0 Å². The summed E-state index contributed by atoms with van der Waals surface area (Å²) in [4.78, 5) is 0. The lowest BCUT2D eigenvalue weighted by Gasteiger charge is -2.64. The first-order chi connectivity index (χ1) is 12.0. The van der Waals surface area contributed by atoms with Crippen molar-refractivity contribution in [2.75, 3.05) is 6.61 Å². The van der Waals surface area contributed by atoms with Crippen molar-refractivity contribution in [1.29, 1.82) is 0 Å². The minimum atomic E-state index is -2.24. The van der Waals surface area contributed by atoms with E-state index >= 15 is 0 Å². The summed E-state index contributed by atoms with van der Waals surface area (Å²) in [5, 5.41) is 10.3. The molecule has 0 radical (unpaired) electrons. The van der Waals surface area contributed by atoms with Crippen LogP contribution < -0.4 is 0 Å². The molecule has 3 heteroatoms. The summed E-state index contributed by atoms with van der Waals surface area (Å²) in [5.41, 5.74) is 1.70. The van der Waals surface area contributed by atoms with E-state index in [1.54, 1.807) is 0 Å². The van der Waals surface area contributed by atoms with Gasteiger partial charge in [0.05, 0.1) is 7.14 Å². The summed E-state index contributed by atoms with van der Waals surface area (Å²) >= 11 is 0. The second-order valence-electron chi connectivity index (χ2n) is 10.4. The summed E-state index contributed by atoms with van der Waals surface area (Å²) in [6.45, 7) is 5.07. The molecule has 5 aliphatic rings. The van der Waals surface area contributed by atoms with Crippen LogP contribution in [0.1, 0.15) is 90.9 Å². The Morgan fingerprint density at radius 1 is 0.880 bits per heavy atom. The van der Waals surface area contributed by atoms with Gasteiger partial charge in [0.1, 0.15) is 0 Å². The topological polar surface area (TPSA) is 37.3 Å². The van der Waals surface area contributed by atoms with Gasteiger partial charge in [0.25, 0.3) is 0 Å². The van der Waals surface area contributed by atoms with Crippen molar-refractivity contribution in [2.24, 2.45) is 23.2 Å². The minimum Gasteiger partial charge on any atom is -0.396 e. The maximum Gasteiger partial charge on any atom is 0.0968 e. The number of hydrogen-bond acceptors (Lipinski definition) is 2. The highest BCUT2D eigenvalue weighted by Crippen LogP contribution is 2.74. The zero-order valence-corrected chi connectivity index (χ0v) is 17.4. The normalized spacial score (nSPS) is 39.8. The van der Waals surface area contributed by atoms with Gasteiger partial charge in [0, 0.05) is 23.6 Å². The van der Waals surface area contributed by atoms with E-state index < -0.39 is 7.14 Å². The van der Waals surface area contributed by atoms with Crippen LogP contribution >= 0.6 is 7.14 Å². The van der Waals surface area contributed by atoms with Crippen LogP contribution in [0.25, 0.3) is 0 Å². The van der Waals surface area contributed by atoms with Crippen LogP contribution in [-0.4, -0.2) is 28.7 Å². The molecule has 5 aliphatic carbocycles. The molecule has 4 atom stereocenters. The van der Waals surface area contributed by atoms with E-state index in [0.29, 0.717) is 34.2 Å². The summed E-state index contributed by atoms with van der Waals surface area (Å²) < 4.78 is 14.9. The maximum atomic E-state index is 14.9. The van der Waals surface area contributed by atoms with Crippen molar-refractivity contribution < 1.29 is 9.67 Å². The van der Waals surface area contributed by atoms with E-state index in [1.807, 2.05) is 0 Å². The molecule has 5 fully saturated rings. The Labute approximate surface area is 154 Å². The number of rotatable bonds is 4. The molecule has 25 heavy (non-hydrogen) atoms. The van der Waals surface area contributed by atoms with Gasteiger partial charge < -0.3 is 9.67 Å². The fourth-order valence-electron chi connectivity index (χ4n) is 7.44. The molecule has 0 heterocycles. The molecule has 144 valence electrons. The summed E-state index contributed by atoms with van der Waals surface area (Å²) in [6, 6.07) is 0. The fraction of sp³-hybridized carbons (Fsp3) is 1.00. The molecule has 0 unspecified atom stereocenters. The molecule has 0 aromatic rings. The van der Waals surface area contributed by atoms with Crippen LogP contribution in [0.3, 0.4) is 0 Å². The average Bonchev–Trinajstić information content (AvgIpc) is 2.68. The zero-order chi connectivity index (χ0) is 17.7. The van der Waals surface area contributed by atoms with Crippen molar-refractivity contribution >= 4 is 7.14 Å². The van der Waals surface area contributed by atoms with Crippen LogP contribution in [0.5, 0.6) is 0 Å². The van der Waals surface area contributed by atoms with Crippen molar-refractivity contribution in [3.05, 3.63) is 0 Å². The Morgan fingerprint density at radius 2 is 1.40 bits per heavy atom. The summed E-state index contributed by atoms with van der Waals surface area (Å²) in [6.07, 6.45) is 15.1. The summed E-state index contributed by atoms with van der Waals surface area (Å²) in [7, 11) is -2.24. The first-order valence-electron chi connectivity index (χ1n) is 11.2. The molecule has 2 nitrogen and oxygen atoms in total. The van der Waals surface area contributed by atoms with Crippen molar-refractivity contribution in [3.63, 3.8) is 0 Å². The second-order valence-corrected chi connectivity index (χ2v) is 14.0. The van der Waals surface area contributed by atoms with Gasteiger partial charge in [0.15, 0.2) is 0 Å². The van der Waals surface area contributed by atoms with Crippen molar-refractivity contribution in [2.45, 2.75) is 108 Å². The third-order valence-electron chi connectivity index (χ3n) is 9.10. The Kier molecular flexibility index (Phi) is 5.17. The van der Waals surface area contributed by atoms with Gasteiger partial charge in [-0.05, 0) is 61.7 Å². The van der Waals surface area contributed by atoms with Crippen LogP contribution in [0.4, 0.5) is 0 Å². The standard InChI is InChI=1S/C22H39O2P/c1-22(2)16-13-20(22)19(15-23)21(14-16)25(24,17-9-5-3-6-10-17)18-11-7-4-8-12-18/h16-21,23H,3-15H2,1-2H3/t16-,19-,20+,21+/m1/s1.